The van der Waals surface area contributed by atoms with Crippen LogP contribution in [0.25, 0.3) is 0 Å². The number of amides is 1. The quantitative estimate of drug-likeness (QED) is 0.745. The molecule has 4 nitrogen and oxygen atoms in total. The molecule has 116 valence electrons. The molecule has 1 amide bonds. The number of carbonyl (C=O) groups is 1. The van der Waals surface area contributed by atoms with Crippen LogP contribution in [-0.2, 0) is 16.0 Å². The first-order valence-electron chi connectivity index (χ1n) is 5.96. The van der Waals surface area contributed by atoms with Crippen LogP contribution in [0.3, 0.4) is 0 Å². The molecule has 21 heavy (non-hydrogen) atoms. The van der Waals surface area contributed by atoms with E-state index in [9.17, 15) is 26.4 Å². The number of nitrogens with zero attached hydrogens (tertiary/aromatic N) is 1. The maximum atomic E-state index is 12.7. The average Bonchev–Trinajstić information content (AvgIpc) is 2.37. The molecule has 0 saturated carbocycles. The Hall–Kier alpha value is -1.09. The van der Waals surface area contributed by atoms with E-state index >= 15 is 0 Å². The van der Waals surface area contributed by atoms with Gasteiger partial charge in [-0.25, -0.2) is 8.42 Å². The van der Waals surface area contributed by atoms with Crippen molar-refractivity contribution in [2.75, 3.05) is 24.6 Å². The van der Waals surface area contributed by atoms with Gasteiger partial charge in [0.05, 0.1) is 22.6 Å². The van der Waals surface area contributed by atoms with Crippen LogP contribution in [0.1, 0.15) is 15.9 Å². The third-order valence-corrected chi connectivity index (χ3v) is 5.46. The lowest BCUT2D eigenvalue weighted by Gasteiger charge is -2.27. The highest BCUT2D eigenvalue weighted by Crippen LogP contribution is 2.32. The van der Waals surface area contributed by atoms with E-state index in [0.717, 1.165) is 18.2 Å². The van der Waals surface area contributed by atoms with Gasteiger partial charge in [-0.05, 0) is 34.1 Å². The van der Waals surface area contributed by atoms with Crippen molar-refractivity contribution >= 4 is 31.7 Å². The lowest BCUT2D eigenvalue weighted by molar-refractivity contribution is -0.137. The van der Waals surface area contributed by atoms with E-state index in [4.69, 9.17) is 0 Å². The van der Waals surface area contributed by atoms with Gasteiger partial charge in [0, 0.05) is 17.6 Å². The molecule has 1 aliphatic heterocycles. The maximum Gasteiger partial charge on any atom is 0.416 e. The maximum absolute atomic E-state index is 12.7. The Morgan fingerprint density at radius 2 is 1.76 bits per heavy atom. The molecule has 1 aromatic carbocycles. The molecule has 0 aliphatic carbocycles. The largest absolute Gasteiger partial charge is 0.416 e. The van der Waals surface area contributed by atoms with Gasteiger partial charge in [-0.1, -0.05) is 0 Å². The zero-order chi connectivity index (χ0) is 15.8. The summed E-state index contributed by atoms with van der Waals surface area (Å²) in [6.07, 6.45) is -4.54. The zero-order valence-corrected chi connectivity index (χ0v) is 13.1. The summed E-state index contributed by atoms with van der Waals surface area (Å²) in [6.45, 7) is -0.0201. The third-order valence-electron chi connectivity index (χ3n) is 3.16. The predicted molar refractivity (Wildman–Crippen MR) is 73.7 cm³/mol. The molecular formula is C12H11BrF3NO3S. The van der Waals surface area contributed by atoms with E-state index in [2.05, 4.69) is 15.9 Å². The van der Waals surface area contributed by atoms with E-state index in [1.807, 2.05) is 0 Å². The topological polar surface area (TPSA) is 54.5 Å². The first-order chi connectivity index (χ1) is 9.60. The van der Waals surface area contributed by atoms with Crippen molar-refractivity contribution < 1.29 is 26.4 Å². The van der Waals surface area contributed by atoms with Gasteiger partial charge in [-0.2, -0.15) is 13.2 Å². The van der Waals surface area contributed by atoms with Crippen LogP contribution in [0.5, 0.6) is 0 Å². The summed E-state index contributed by atoms with van der Waals surface area (Å²) in [4.78, 5) is 13.5. The van der Waals surface area contributed by atoms with Crippen LogP contribution in [0.15, 0.2) is 22.7 Å². The summed E-state index contributed by atoms with van der Waals surface area (Å²) in [5.41, 5.74) is -1.04. The van der Waals surface area contributed by atoms with Crippen molar-refractivity contribution in [3.05, 3.63) is 33.8 Å². The van der Waals surface area contributed by atoms with Crippen molar-refractivity contribution in [1.29, 1.82) is 0 Å². The number of hydrogen-bond acceptors (Lipinski definition) is 3. The van der Waals surface area contributed by atoms with Gasteiger partial charge >= 0.3 is 6.18 Å². The molecule has 0 bridgehead atoms. The molecule has 1 saturated heterocycles. The number of sulfone groups is 1. The van der Waals surface area contributed by atoms with Gasteiger partial charge < -0.3 is 4.90 Å². The SMILES string of the molecule is O=C(c1cc(C(F)(F)F)ccc1Br)N1CCS(=O)(=O)CC1. The van der Waals surface area contributed by atoms with Crippen LogP contribution in [0.4, 0.5) is 13.2 Å². The van der Waals surface area contributed by atoms with Gasteiger partial charge in [-0.15, -0.1) is 0 Å². The van der Waals surface area contributed by atoms with E-state index in [1.54, 1.807) is 0 Å². The molecule has 1 heterocycles. The highest BCUT2D eigenvalue weighted by molar-refractivity contribution is 9.10. The number of rotatable bonds is 1. The molecular weight excluding hydrogens is 375 g/mol. The second kappa shape index (κ2) is 5.60. The number of carbonyl (C=O) groups excluding carboxylic acids is 1. The molecule has 9 heteroatoms. The fourth-order valence-corrected chi connectivity index (χ4v) is 3.57. The second-order valence-electron chi connectivity index (χ2n) is 4.64. The Labute approximate surface area is 128 Å². The number of halogens is 4. The summed E-state index contributed by atoms with van der Waals surface area (Å²) in [6, 6.07) is 2.81. The van der Waals surface area contributed by atoms with Crippen molar-refractivity contribution in [2.45, 2.75) is 6.18 Å². The molecule has 1 fully saturated rings. The fraction of sp³-hybridized carbons (Fsp3) is 0.417. The Balaban J connectivity index is 2.27. The standard InChI is InChI=1S/C12H11BrF3NO3S/c13-10-2-1-8(12(14,15)16)7-9(10)11(18)17-3-5-21(19,20)6-4-17/h1-2,7H,3-6H2. The highest BCUT2D eigenvalue weighted by atomic mass is 79.9. The third kappa shape index (κ3) is 3.76. The van der Waals surface area contributed by atoms with Crippen LogP contribution in [0, 0.1) is 0 Å². The van der Waals surface area contributed by atoms with Crippen molar-refractivity contribution in [3.63, 3.8) is 0 Å². The van der Waals surface area contributed by atoms with Crippen LogP contribution in [-0.4, -0.2) is 43.8 Å². The summed E-state index contributed by atoms with van der Waals surface area (Å²) in [7, 11) is -3.16. The lowest BCUT2D eigenvalue weighted by atomic mass is 10.1. The summed E-state index contributed by atoms with van der Waals surface area (Å²) < 4.78 is 60.9. The Morgan fingerprint density at radius 3 is 2.29 bits per heavy atom. The zero-order valence-electron chi connectivity index (χ0n) is 10.7. The first kappa shape index (κ1) is 16.3. The Morgan fingerprint density at radius 1 is 1.19 bits per heavy atom. The average molecular weight is 386 g/mol. The highest BCUT2D eigenvalue weighted by Gasteiger charge is 2.33. The van der Waals surface area contributed by atoms with Gasteiger partial charge in [0.15, 0.2) is 9.84 Å². The van der Waals surface area contributed by atoms with E-state index in [-0.39, 0.29) is 34.6 Å². The minimum Gasteiger partial charge on any atom is -0.337 e. The molecule has 1 aromatic rings. The molecule has 0 aromatic heterocycles. The summed E-state index contributed by atoms with van der Waals surface area (Å²) >= 11 is 3.05. The predicted octanol–water partition coefficient (Wildman–Crippen LogP) is 2.34. The summed E-state index contributed by atoms with van der Waals surface area (Å²) in [5, 5.41) is 0. The lowest BCUT2D eigenvalue weighted by Crippen LogP contribution is -2.43. The smallest absolute Gasteiger partial charge is 0.337 e. The molecule has 0 spiro atoms. The van der Waals surface area contributed by atoms with E-state index in [0.29, 0.717) is 0 Å². The molecule has 0 radical (unpaired) electrons. The van der Waals surface area contributed by atoms with Gasteiger partial charge in [-0.3, -0.25) is 4.79 Å². The van der Waals surface area contributed by atoms with Crippen molar-refractivity contribution in [1.82, 2.24) is 4.90 Å². The monoisotopic (exact) mass is 385 g/mol. The van der Waals surface area contributed by atoms with Crippen LogP contribution >= 0.6 is 15.9 Å². The number of hydrogen-bond donors (Lipinski definition) is 0. The Kier molecular flexibility index (Phi) is 4.34. The van der Waals surface area contributed by atoms with Crippen molar-refractivity contribution in [2.24, 2.45) is 0 Å². The second-order valence-corrected chi connectivity index (χ2v) is 7.79. The first-order valence-corrected chi connectivity index (χ1v) is 8.58. The molecule has 2 rings (SSSR count). The molecule has 1 aliphatic rings. The van der Waals surface area contributed by atoms with Gasteiger partial charge in [0.25, 0.3) is 5.91 Å². The van der Waals surface area contributed by atoms with E-state index in [1.165, 1.54) is 4.90 Å². The molecule has 0 unspecified atom stereocenters. The van der Waals surface area contributed by atoms with E-state index < -0.39 is 27.5 Å². The number of alkyl halides is 3. The Bertz CT molecular complexity index is 659. The van der Waals surface area contributed by atoms with Crippen LogP contribution < -0.4 is 0 Å². The summed E-state index contributed by atoms with van der Waals surface area (Å²) in [5.74, 6) is -0.951. The van der Waals surface area contributed by atoms with Crippen molar-refractivity contribution in [3.8, 4) is 0 Å². The van der Waals surface area contributed by atoms with Gasteiger partial charge in [0.1, 0.15) is 0 Å². The minimum absolute atomic E-state index is 0.0101. The molecule has 0 N–H and O–H groups in total. The van der Waals surface area contributed by atoms with Gasteiger partial charge in [0.2, 0.25) is 0 Å². The van der Waals surface area contributed by atoms with Crippen LogP contribution in [0.2, 0.25) is 0 Å². The minimum atomic E-state index is -4.54. The molecule has 0 atom stereocenters. The normalized spacial score (nSPS) is 18.6. The fourth-order valence-electron chi connectivity index (χ4n) is 1.95. The number of benzene rings is 1.